The van der Waals surface area contributed by atoms with Crippen LogP contribution < -0.4 is 10.5 Å². The summed E-state index contributed by atoms with van der Waals surface area (Å²) in [6.07, 6.45) is 0. The molecule has 0 aliphatic rings. The Labute approximate surface area is 115 Å². The Hall–Kier alpha value is -1.80. The molecular weight excluding hydrogens is 234 g/mol. The van der Waals surface area contributed by atoms with Gasteiger partial charge in [0.15, 0.2) is 0 Å². The summed E-state index contributed by atoms with van der Waals surface area (Å²) in [6, 6.07) is 12.5. The van der Waals surface area contributed by atoms with Crippen molar-refractivity contribution in [3.8, 4) is 5.75 Å². The smallest absolute Gasteiger partial charge is 0.127 e. The molecule has 0 aromatic heterocycles. The molecule has 0 spiro atoms. The van der Waals surface area contributed by atoms with Gasteiger partial charge in [-0.25, -0.2) is 0 Å². The van der Waals surface area contributed by atoms with Gasteiger partial charge < -0.3 is 10.5 Å². The van der Waals surface area contributed by atoms with Crippen molar-refractivity contribution in [3.63, 3.8) is 0 Å². The van der Waals surface area contributed by atoms with E-state index in [-0.39, 0.29) is 0 Å². The number of hydrogen-bond donors (Lipinski definition) is 1. The maximum Gasteiger partial charge on any atom is 0.127 e. The highest BCUT2D eigenvalue weighted by Crippen LogP contribution is 2.24. The van der Waals surface area contributed by atoms with Crippen LogP contribution in [-0.4, -0.2) is 0 Å². The number of nitrogens with two attached hydrogens (primary N) is 1. The van der Waals surface area contributed by atoms with Crippen LogP contribution in [0.2, 0.25) is 0 Å². The SMILES string of the molecule is Cc1ccc(COc2c(C)cccc2CN)cc1C. The summed E-state index contributed by atoms with van der Waals surface area (Å²) < 4.78 is 5.96. The molecule has 0 unspecified atom stereocenters. The monoisotopic (exact) mass is 255 g/mol. The first-order valence-electron chi connectivity index (χ1n) is 6.59. The highest BCUT2D eigenvalue weighted by atomic mass is 16.5. The quantitative estimate of drug-likeness (QED) is 0.905. The standard InChI is InChI=1S/C17H21NO/c1-12-7-8-15(9-14(12)3)11-19-17-13(2)5-4-6-16(17)10-18/h4-9H,10-11,18H2,1-3H3. The zero-order valence-corrected chi connectivity index (χ0v) is 11.9. The second kappa shape index (κ2) is 5.89. The number of aryl methyl sites for hydroxylation is 3. The average molecular weight is 255 g/mol. The third-order valence-corrected chi connectivity index (χ3v) is 3.47. The van der Waals surface area contributed by atoms with Crippen LogP contribution in [0.3, 0.4) is 0 Å². The summed E-state index contributed by atoms with van der Waals surface area (Å²) in [5, 5.41) is 0. The Morgan fingerprint density at radius 2 is 1.74 bits per heavy atom. The predicted octanol–water partition coefficient (Wildman–Crippen LogP) is 3.65. The largest absolute Gasteiger partial charge is 0.488 e. The third kappa shape index (κ3) is 3.15. The number of hydrogen-bond acceptors (Lipinski definition) is 2. The zero-order chi connectivity index (χ0) is 13.8. The molecule has 2 heteroatoms. The molecule has 2 aromatic carbocycles. The van der Waals surface area contributed by atoms with E-state index >= 15 is 0 Å². The highest BCUT2D eigenvalue weighted by molar-refractivity contribution is 5.41. The van der Waals surface area contributed by atoms with Gasteiger partial charge in [-0.05, 0) is 43.0 Å². The summed E-state index contributed by atoms with van der Waals surface area (Å²) in [7, 11) is 0. The Morgan fingerprint density at radius 1 is 0.947 bits per heavy atom. The summed E-state index contributed by atoms with van der Waals surface area (Å²) >= 11 is 0. The van der Waals surface area contributed by atoms with Crippen LogP contribution in [0.15, 0.2) is 36.4 Å². The molecule has 19 heavy (non-hydrogen) atoms. The van der Waals surface area contributed by atoms with E-state index in [4.69, 9.17) is 10.5 Å². The number of benzene rings is 2. The Morgan fingerprint density at radius 3 is 2.42 bits per heavy atom. The van der Waals surface area contributed by atoms with E-state index in [9.17, 15) is 0 Å². The minimum absolute atomic E-state index is 0.504. The van der Waals surface area contributed by atoms with Crippen molar-refractivity contribution >= 4 is 0 Å². The maximum atomic E-state index is 5.96. The molecule has 0 aliphatic carbocycles. The fourth-order valence-corrected chi connectivity index (χ4v) is 2.13. The molecule has 0 fully saturated rings. The van der Waals surface area contributed by atoms with Gasteiger partial charge in [-0.1, -0.05) is 36.4 Å². The lowest BCUT2D eigenvalue weighted by molar-refractivity contribution is 0.301. The van der Waals surface area contributed by atoms with Gasteiger partial charge in [0.1, 0.15) is 12.4 Å². The topological polar surface area (TPSA) is 35.2 Å². The van der Waals surface area contributed by atoms with Gasteiger partial charge in [-0.2, -0.15) is 0 Å². The van der Waals surface area contributed by atoms with Gasteiger partial charge in [0.05, 0.1) is 0 Å². The second-order valence-electron chi connectivity index (χ2n) is 4.97. The fourth-order valence-electron chi connectivity index (χ4n) is 2.13. The van der Waals surface area contributed by atoms with Crippen molar-refractivity contribution in [2.45, 2.75) is 33.9 Å². The van der Waals surface area contributed by atoms with Crippen LogP contribution in [0.25, 0.3) is 0 Å². The normalized spacial score (nSPS) is 10.5. The van der Waals surface area contributed by atoms with Crippen LogP contribution >= 0.6 is 0 Å². The van der Waals surface area contributed by atoms with Crippen LogP contribution in [0.5, 0.6) is 5.75 Å². The van der Waals surface area contributed by atoms with E-state index in [1.165, 1.54) is 16.7 Å². The lowest BCUT2D eigenvalue weighted by Crippen LogP contribution is -2.04. The van der Waals surface area contributed by atoms with E-state index in [0.717, 1.165) is 16.9 Å². The maximum absolute atomic E-state index is 5.96. The average Bonchev–Trinajstić information content (AvgIpc) is 2.41. The molecule has 100 valence electrons. The van der Waals surface area contributed by atoms with Crippen molar-refractivity contribution < 1.29 is 4.74 Å². The lowest BCUT2D eigenvalue weighted by Gasteiger charge is -2.13. The molecule has 0 radical (unpaired) electrons. The van der Waals surface area contributed by atoms with E-state index < -0.39 is 0 Å². The van der Waals surface area contributed by atoms with Crippen molar-refractivity contribution in [3.05, 3.63) is 64.2 Å². The summed E-state index contributed by atoms with van der Waals surface area (Å²) in [4.78, 5) is 0. The molecule has 0 saturated carbocycles. The van der Waals surface area contributed by atoms with E-state index in [2.05, 4.69) is 45.0 Å². The van der Waals surface area contributed by atoms with Gasteiger partial charge in [0.2, 0.25) is 0 Å². The molecule has 2 nitrogen and oxygen atoms in total. The molecule has 0 saturated heterocycles. The number of para-hydroxylation sites is 1. The molecule has 2 N–H and O–H groups in total. The number of ether oxygens (including phenoxy) is 1. The Balaban J connectivity index is 2.16. The van der Waals surface area contributed by atoms with Crippen molar-refractivity contribution in [1.82, 2.24) is 0 Å². The fraction of sp³-hybridized carbons (Fsp3) is 0.294. The minimum atomic E-state index is 0.504. The Bertz CT molecular complexity index is 575. The van der Waals surface area contributed by atoms with Crippen LogP contribution in [0.4, 0.5) is 0 Å². The van der Waals surface area contributed by atoms with E-state index in [0.29, 0.717) is 13.2 Å². The third-order valence-electron chi connectivity index (χ3n) is 3.47. The minimum Gasteiger partial charge on any atom is -0.488 e. The summed E-state index contributed by atoms with van der Waals surface area (Å²) in [5.41, 5.74) is 11.7. The molecule has 0 heterocycles. The van der Waals surface area contributed by atoms with E-state index in [1.807, 2.05) is 12.1 Å². The van der Waals surface area contributed by atoms with Crippen molar-refractivity contribution in [2.24, 2.45) is 5.73 Å². The van der Waals surface area contributed by atoms with Gasteiger partial charge in [0.25, 0.3) is 0 Å². The first-order valence-corrected chi connectivity index (χ1v) is 6.59. The molecule has 0 bridgehead atoms. The first-order chi connectivity index (χ1) is 9.11. The van der Waals surface area contributed by atoms with Crippen molar-refractivity contribution in [1.29, 1.82) is 0 Å². The second-order valence-corrected chi connectivity index (χ2v) is 4.97. The molecule has 2 aromatic rings. The summed E-state index contributed by atoms with van der Waals surface area (Å²) in [5.74, 6) is 0.920. The van der Waals surface area contributed by atoms with Crippen molar-refractivity contribution in [2.75, 3.05) is 0 Å². The first kappa shape index (κ1) is 13.6. The highest BCUT2D eigenvalue weighted by Gasteiger charge is 2.06. The van der Waals surface area contributed by atoms with Crippen LogP contribution in [-0.2, 0) is 13.2 Å². The van der Waals surface area contributed by atoms with Crippen LogP contribution in [0.1, 0.15) is 27.8 Å². The van der Waals surface area contributed by atoms with Gasteiger partial charge in [0, 0.05) is 12.1 Å². The van der Waals surface area contributed by atoms with E-state index in [1.54, 1.807) is 0 Å². The molecule has 0 aliphatic heterocycles. The predicted molar refractivity (Wildman–Crippen MR) is 79.3 cm³/mol. The van der Waals surface area contributed by atoms with Gasteiger partial charge >= 0.3 is 0 Å². The zero-order valence-electron chi connectivity index (χ0n) is 11.9. The molecule has 0 amide bonds. The lowest BCUT2D eigenvalue weighted by atomic mass is 10.1. The molecular formula is C17H21NO. The summed E-state index contributed by atoms with van der Waals surface area (Å²) in [6.45, 7) is 7.38. The number of rotatable bonds is 4. The van der Waals surface area contributed by atoms with Gasteiger partial charge in [-0.3, -0.25) is 0 Å². The molecule has 0 atom stereocenters. The van der Waals surface area contributed by atoms with Gasteiger partial charge in [-0.15, -0.1) is 0 Å². The van der Waals surface area contributed by atoms with Crippen LogP contribution in [0, 0.1) is 20.8 Å². The molecule has 2 rings (SSSR count). The Kier molecular flexibility index (Phi) is 4.23.